The van der Waals surface area contributed by atoms with Crippen molar-refractivity contribution in [2.75, 3.05) is 18.5 Å². The van der Waals surface area contributed by atoms with Gasteiger partial charge in [0, 0.05) is 23.7 Å². The van der Waals surface area contributed by atoms with E-state index in [9.17, 15) is 4.79 Å². The number of nitrogens with one attached hydrogen (secondary N) is 1. The summed E-state index contributed by atoms with van der Waals surface area (Å²) in [6.45, 7) is 1.10. The molecule has 1 aliphatic heterocycles. The minimum Gasteiger partial charge on any atom is -0.486 e. The Morgan fingerprint density at radius 3 is 2.68 bits per heavy atom. The molecule has 1 heterocycles. The lowest BCUT2D eigenvalue weighted by Gasteiger charge is -2.37. The normalized spacial score (nSPS) is 19.4. The molecule has 0 aromatic heterocycles. The molecule has 1 amide bonds. The molecule has 1 aliphatic carbocycles. The third kappa shape index (κ3) is 2.66. The molecule has 3 N–H and O–H groups in total. The van der Waals surface area contributed by atoms with E-state index in [1.54, 1.807) is 6.07 Å². The molecule has 3 rings (SSSR count). The average Bonchev–Trinajstić information content (AvgIpc) is 2.36. The van der Waals surface area contributed by atoms with Gasteiger partial charge in [0.15, 0.2) is 11.5 Å². The van der Waals surface area contributed by atoms with Crippen LogP contribution in [0.3, 0.4) is 0 Å². The van der Waals surface area contributed by atoms with Gasteiger partial charge in [-0.05, 0) is 31.4 Å². The van der Waals surface area contributed by atoms with Crippen molar-refractivity contribution in [3.8, 4) is 11.5 Å². The molecule has 0 saturated heterocycles. The maximum Gasteiger partial charge on any atom is 0.226 e. The topological polar surface area (TPSA) is 73.6 Å². The summed E-state index contributed by atoms with van der Waals surface area (Å²) in [6, 6.07) is 5.41. The second-order valence-corrected chi connectivity index (χ2v) is 5.30. The van der Waals surface area contributed by atoms with Gasteiger partial charge in [0.05, 0.1) is 0 Å². The van der Waals surface area contributed by atoms with Crippen LogP contribution in [0.5, 0.6) is 11.5 Å². The van der Waals surface area contributed by atoms with Crippen molar-refractivity contribution in [3.63, 3.8) is 0 Å². The van der Waals surface area contributed by atoms with Crippen LogP contribution >= 0.6 is 0 Å². The van der Waals surface area contributed by atoms with E-state index in [4.69, 9.17) is 15.2 Å². The summed E-state index contributed by atoms with van der Waals surface area (Å²) in [5, 5.41) is 2.86. The molecule has 1 aromatic rings. The third-order valence-electron chi connectivity index (χ3n) is 3.69. The van der Waals surface area contributed by atoms with Crippen molar-refractivity contribution in [2.24, 2.45) is 5.73 Å². The molecule has 0 spiro atoms. The molecule has 5 heteroatoms. The first-order valence-corrected chi connectivity index (χ1v) is 6.63. The van der Waals surface area contributed by atoms with E-state index in [1.165, 1.54) is 0 Å². The molecule has 0 bridgehead atoms. The van der Waals surface area contributed by atoms with Crippen LogP contribution in [0, 0.1) is 0 Å². The number of hydrogen-bond donors (Lipinski definition) is 2. The van der Waals surface area contributed by atoms with Gasteiger partial charge in [-0.25, -0.2) is 0 Å². The van der Waals surface area contributed by atoms with Gasteiger partial charge < -0.3 is 20.5 Å². The van der Waals surface area contributed by atoms with E-state index in [-0.39, 0.29) is 11.4 Å². The fourth-order valence-electron chi connectivity index (χ4n) is 2.45. The monoisotopic (exact) mass is 262 g/mol. The Balaban J connectivity index is 1.64. The summed E-state index contributed by atoms with van der Waals surface area (Å²) in [4.78, 5) is 11.9. The third-order valence-corrected chi connectivity index (χ3v) is 3.69. The van der Waals surface area contributed by atoms with Gasteiger partial charge in [-0.1, -0.05) is 0 Å². The number of fused-ring (bicyclic) bond motifs is 1. The Kier molecular flexibility index (Phi) is 3.06. The lowest BCUT2D eigenvalue weighted by atomic mass is 9.75. The number of amides is 1. The number of anilines is 1. The highest BCUT2D eigenvalue weighted by Gasteiger charge is 2.34. The molecule has 0 radical (unpaired) electrons. The zero-order chi connectivity index (χ0) is 13.3. The summed E-state index contributed by atoms with van der Waals surface area (Å²) >= 11 is 0. The zero-order valence-corrected chi connectivity index (χ0v) is 10.8. The molecular weight excluding hydrogens is 244 g/mol. The SMILES string of the molecule is NC1(CC(=O)Nc2ccc3c(c2)OCCO3)CCC1. The number of ether oxygens (including phenoxy) is 2. The van der Waals surface area contributed by atoms with Crippen LogP contribution in [0.1, 0.15) is 25.7 Å². The molecule has 1 aromatic carbocycles. The number of benzene rings is 1. The van der Waals surface area contributed by atoms with Gasteiger partial charge in [-0.15, -0.1) is 0 Å². The van der Waals surface area contributed by atoms with Crippen LogP contribution in [0.2, 0.25) is 0 Å². The number of nitrogens with two attached hydrogens (primary N) is 1. The molecule has 0 atom stereocenters. The number of carbonyl (C=O) groups excluding carboxylic acids is 1. The van der Waals surface area contributed by atoms with Gasteiger partial charge in [0.25, 0.3) is 0 Å². The first kappa shape index (κ1) is 12.3. The maximum absolute atomic E-state index is 11.9. The first-order chi connectivity index (χ1) is 9.15. The van der Waals surface area contributed by atoms with Crippen molar-refractivity contribution < 1.29 is 14.3 Å². The number of rotatable bonds is 3. The number of hydrogen-bond acceptors (Lipinski definition) is 4. The maximum atomic E-state index is 11.9. The number of carbonyl (C=O) groups is 1. The van der Waals surface area contributed by atoms with Crippen LogP contribution in [-0.2, 0) is 4.79 Å². The highest BCUT2D eigenvalue weighted by molar-refractivity contribution is 5.92. The van der Waals surface area contributed by atoms with E-state index >= 15 is 0 Å². The van der Waals surface area contributed by atoms with Gasteiger partial charge in [0.1, 0.15) is 13.2 Å². The van der Waals surface area contributed by atoms with Crippen LogP contribution in [-0.4, -0.2) is 24.7 Å². The molecular formula is C14H18N2O3. The van der Waals surface area contributed by atoms with Crippen molar-refractivity contribution in [1.29, 1.82) is 0 Å². The fraction of sp³-hybridized carbons (Fsp3) is 0.500. The quantitative estimate of drug-likeness (QED) is 0.869. The largest absolute Gasteiger partial charge is 0.486 e. The van der Waals surface area contributed by atoms with Gasteiger partial charge in [-0.3, -0.25) is 4.79 Å². The van der Waals surface area contributed by atoms with E-state index < -0.39 is 0 Å². The minimum atomic E-state index is -0.294. The highest BCUT2D eigenvalue weighted by Crippen LogP contribution is 2.34. The second-order valence-electron chi connectivity index (χ2n) is 5.30. The van der Waals surface area contributed by atoms with Crippen molar-refractivity contribution in [1.82, 2.24) is 0 Å². The predicted molar refractivity (Wildman–Crippen MR) is 71.4 cm³/mol. The van der Waals surface area contributed by atoms with Crippen LogP contribution < -0.4 is 20.5 Å². The van der Waals surface area contributed by atoms with Crippen LogP contribution in [0.15, 0.2) is 18.2 Å². The van der Waals surface area contributed by atoms with E-state index in [2.05, 4.69) is 5.32 Å². The Hall–Kier alpha value is -1.75. The van der Waals surface area contributed by atoms with E-state index in [1.807, 2.05) is 12.1 Å². The van der Waals surface area contributed by atoms with E-state index in [0.717, 1.165) is 30.7 Å². The smallest absolute Gasteiger partial charge is 0.226 e. The molecule has 1 saturated carbocycles. The summed E-state index contributed by atoms with van der Waals surface area (Å²) in [7, 11) is 0. The first-order valence-electron chi connectivity index (χ1n) is 6.63. The highest BCUT2D eigenvalue weighted by atomic mass is 16.6. The molecule has 0 unspecified atom stereocenters. The van der Waals surface area contributed by atoms with Crippen LogP contribution in [0.25, 0.3) is 0 Å². The van der Waals surface area contributed by atoms with Crippen LogP contribution in [0.4, 0.5) is 5.69 Å². The summed E-state index contributed by atoms with van der Waals surface area (Å²) in [5.74, 6) is 1.35. The Labute approximate surface area is 112 Å². The van der Waals surface area contributed by atoms with E-state index in [0.29, 0.717) is 25.4 Å². The summed E-state index contributed by atoms with van der Waals surface area (Å²) in [6.07, 6.45) is 3.36. The summed E-state index contributed by atoms with van der Waals surface area (Å²) in [5.41, 5.74) is 6.49. The summed E-state index contributed by atoms with van der Waals surface area (Å²) < 4.78 is 10.9. The molecule has 2 aliphatic rings. The average molecular weight is 262 g/mol. The predicted octanol–water partition coefficient (Wildman–Crippen LogP) is 1.67. The van der Waals surface area contributed by atoms with Gasteiger partial charge in [0.2, 0.25) is 5.91 Å². The Morgan fingerprint density at radius 1 is 1.26 bits per heavy atom. The standard InChI is InChI=1S/C14H18N2O3/c15-14(4-1-5-14)9-13(17)16-10-2-3-11-12(8-10)19-7-6-18-11/h2-3,8H,1,4-7,9,15H2,(H,16,17). The minimum absolute atomic E-state index is 0.0427. The molecule has 1 fully saturated rings. The van der Waals surface area contributed by atoms with Crippen molar-refractivity contribution >= 4 is 11.6 Å². The van der Waals surface area contributed by atoms with Gasteiger partial charge in [-0.2, -0.15) is 0 Å². The molecule has 102 valence electrons. The second kappa shape index (κ2) is 4.74. The molecule has 5 nitrogen and oxygen atoms in total. The van der Waals surface area contributed by atoms with Gasteiger partial charge >= 0.3 is 0 Å². The van der Waals surface area contributed by atoms with Crippen molar-refractivity contribution in [2.45, 2.75) is 31.2 Å². The molecule has 19 heavy (non-hydrogen) atoms. The fourth-order valence-corrected chi connectivity index (χ4v) is 2.45. The lowest BCUT2D eigenvalue weighted by Crippen LogP contribution is -2.48. The van der Waals surface area contributed by atoms with Crippen molar-refractivity contribution in [3.05, 3.63) is 18.2 Å². The zero-order valence-electron chi connectivity index (χ0n) is 10.8. The Morgan fingerprint density at radius 2 is 2.00 bits per heavy atom. The Bertz CT molecular complexity index is 497. The lowest BCUT2D eigenvalue weighted by molar-refractivity contribution is -0.118.